The predicted molar refractivity (Wildman–Crippen MR) is 88.4 cm³/mol. The van der Waals surface area contributed by atoms with Crippen molar-refractivity contribution in [3.63, 3.8) is 0 Å². The number of nitrogen functional groups attached to an aromatic ring is 1. The summed E-state index contributed by atoms with van der Waals surface area (Å²) >= 11 is 0. The van der Waals surface area contributed by atoms with Crippen molar-refractivity contribution in [2.45, 2.75) is 46.3 Å². The minimum atomic E-state index is -0.718. The average molecular weight is 319 g/mol. The zero-order chi connectivity index (χ0) is 17.4. The molecule has 1 atom stereocenters. The molecule has 23 heavy (non-hydrogen) atoms. The first kappa shape index (κ1) is 16.8. The summed E-state index contributed by atoms with van der Waals surface area (Å²) in [6.07, 6.45) is 0. The van der Waals surface area contributed by atoms with Gasteiger partial charge in [0, 0.05) is 5.69 Å². The highest BCUT2D eigenvalue weighted by Crippen LogP contribution is 2.19. The van der Waals surface area contributed by atoms with Gasteiger partial charge in [0.1, 0.15) is 11.6 Å². The molecule has 1 heterocycles. The first-order valence-electron chi connectivity index (χ1n) is 7.27. The zero-order valence-corrected chi connectivity index (χ0v) is 13.9. The van der Waals surface area contributed by atoms with Gasteiger partial charge in [-0.05, 0) is 52.3 Å². The van der Waals surface area contributed by atoms with Gasteiger partial charge >= 0.3 is 11.6 Å². The summed E-state index contributed by atoms with van der Waals surface area (Å²) in [5.74, 6) is -0.467. The predicted octanol–water partition coefficient (Wildman–Crippen LogP) is 2.22. The Morgan fingerprint density at radius 3 is 2.65 bits per heavy atom. The lowest BCUT2D eigenvalue weighted by molar-refractivity contribution is -0.155. The van der Waals surface area contributed by atoms with E-state index in [2.05, 4.69) is 10.3 Å². The van der Waals surface area contributed by atoms with Gasteiger partial charge in [-0.2, -0.15) is 4.98 Å². The number of carbonyl (C=O) groups excluding carboxylic acids is 1. The molecule has 2 rings (SSSR count). The van der Waals surface area contributed by atoms with Crippen LogP contribution in [-0.4, -0.2) is 22.6 Å². The highest BCUT2D eigenvalue weighted by atomic mass is 16.6. The molecule has 0 fully saturated rings. The Bertz CT molecular complexity index is 805. The molecule has 0 aliphatic carbocycles. The summed E-state index contributed by atoms with van der Waals surface area (Å²) < 4.78 is 10.4. The van der Waals surface area contributed by atoms with Crippen LogP contribution in [0.2, 0.25) is 0 Å². The molecule has 7 nitrogen and oxygen atoms in total. The Morgan fingerprint density at radius 2 is 2.04 bits per heavy atom. The number of ether oxygens (including phenoxy) is 1. The summed E-state index contributed by atoms with van der Waals surface area (Å²) in [6, 6.07) is 2.50. The lowest BCUT2D eigenvalue weighted by Gasteiger charge is -2.22. The molecule has 0 unspecified atom stereocenters. The normalized spacial score (nSPS) is 12.9. The Hall–Kier alpha value is -2.57. The summed E-state index contributed by atoms with van der Waals surface area (Å²) in [5.41, 5.74) is 6.24. The van der Waals surface area contributed by atoms with E-state index in [1.165, 1.54) is 0 Å². The van der Waals surface area contributed by atoms with Crippen molar-refractivity contribution in [2.75, 3.05) is 11.1 Å². The van der Waals surface area contributed by atoms with Gasteiger partial charge in [-0.25, -0.2) is 9.59 Å². The van der Waals surface area contributed by atoms with Crippen LogP contribution in [0.15, 0.2) is 21.3 Å². The van der Waals surface area contributed by atoms with E-state index >= 15 is 0 Å². The molecule has 0 amide bonds. The van der Waals surface area contributed by atoms with Crippen molar-refractivity contribution in [3.05, 3.63) is 28.1 Å². The minimum Gasteiger partial charge on any atom is -0.458 e. The minimum absolute atomic E-state index is 0.0501. The number of anilines is 2. The molecule has 124 valence electrons. The SMILES string of the molecule is Cc1cc(N)cc2nc(N[C@@H](C)C(=O)OC(C)(C)C)oc(=O)c12. The maximum atomic E-state index is 12.1. The monoisotopic (exact) mass is 319 g/mol. The third-order valence-corrected chi connectivity index (χ3v) is 3.05. The molecule has 0 radical (unpaired) electrons. The van der Waals surface area contributed by atoms with Crippen LogP contribution in [0.4, 0.5) is 11.7 Å². The highest BCUT2D eigenvalue weighted by molar-refractivity contribution is 5.85. The Balaban J connectivity index is 2.31. The van der Waals surface area contributed by atoms with Crippen molar-refractivity contribution in [2.24, 2.45) is 0 Å². The third kappa shape index (κ3) is 4.00. The van der Waals surface area contributed by atoms with Crippen molar-refractivity contribution in [1.29, 1.82) is 0 Å². The quantitative estimate of drug-likeness (QED) is 0.659. The lowest BCUT2D eigenvalue weighted by atomic mass is 10.1. The molecule has 1 aromatic heterocycles. The maximum absolute atomic E-state index is 12.1. The first-order chi connectivity index (χ1) is 10.6. The summed E-state index contributed by atoms with van der Waals surface area (Å²) in [6.45, 7) is 8.69. The number of benzene rings is 1. The van der Waals surface area contributed by atoms with Gasteiger partial charge in [-0.1, -0.05) is 0 Å². The number of nitrogens with one attached hydrogen (secondary N) is 1. The van der Waals surface area contributed by atoms with E-state index < -0.39 is 23.2 Å². The highest BCUT2D eigenvalue weighted by Gasteiger charge is 2.23. The van der Waals surface area contributed by atoms with Crippen LogP contribution in [0.25, 0.3) is 10.9 Å². The van der Waals surface area contributed by atoms with Crippen molar-refractivity contribution in [3.8, 4) is 0 Å². The number of fused-ring (bicyclic) bond motifs is 1. The fourth-order valence-electron chi connectivity index (χ4n) is 2.12. The van der Waals surface area contributed by atoms with Crippen molar-refractivity contribution < 1.29 is 13.9 Å². The molecular weight excluding hydrogens is 298 g/mol. The second-order valence-corrected chi connectivity index (χ2v) is 6.44. The van der Waals surface area contributed by atoms with Crippen molar-refractivity contribution >= 4 is 28.6 Å². The summed E-state index contributed by atoms with van der Waals surface area (Å²) in [7, 11) is 0. The maximum Gasteiger partial charge on any atom is 0.348 e. The second kappa shape index (κ2) is 5.91. The van der Waals surface area contributed by atoms with Crippen LogP contribution in [0.3, 0.4) is 0 Å². The Kier molecular flexibility index (Phi) is 4.31. The second-order valence-electron chi connectivity index (χ2n) is 6.44. The van der Waals surface area contributed by atoms with Crippen LogP contribution in [-0.2, 0) is 9.53 Å². The van der Waals surface area contributed by atoms with E-state index in [-0.39, 0.29) is 6.01 Å². The largest absolute Gasteiger partial charge is 0.458 e. The average Bonchev–Trinajstić information content (AvgIpc) is 2.34. The van der Waals surface area contributed by atoms with Crippen LogP contribution in [0.5, 0.6) is 0 Å². The van der Waals surface area contributed by atoms with E-state index in [0.29, 0.717) is 22.2 Å². The summed E-state index contributed by atoms with van der Waals surface area (Å²) in [4.78, 5) is 28.3. The third-order valence-electron chi connectivity index (χ3n) is 3.05. The van der Waals surface area contributed by atoms with E-state index in [0.717, 1.165) is 0 Å². The molecule has 2 aromatic rings. The molecule has 0 bridgehead atoms. The first-order valence-corrected chi connectivity index (χ1v) is 7.27. The molecule has 1 aromatic carbocycles. The van der Waals surface area contributed by atoms with Gasteiger partial charge in [0.25, 0.3) is 6.01 Å². The smallest absolute Gasteiger partial charge is 0.348 e. The molecule has 0 aliphatic heterocycles. The van der Waals surface area contributed by atoms with E-state index in [1.807, 2.05) is 0 Å². The van der Waals surface area contributed by atoms with E-state index in [4.69, 9.17) is 14.9 Å². The number of nitrogens with zero attached hydrogens (tertiary/aromatic N) is 1. The van der Waals surface area contributed by atoms with E-state index in [1.54, 1.807) is 46.8 Å². The number of rotatable bonds is 3. The van der Waals surface area contributed by atoms with Gasteiger partial charge in [0.2, 0.25) is 0 Å². The number of nitrogens with two attached hydrogens (primary N) is 1. The number of aryl methyl sites for hydroxylation is 1. The Morgan fingerprint density at radius 1 is 1.39 bits per heavy atom. The lowest BCUT2D eigenvalue weighted by Crippen LogP contribution is -2.35. The van der Waals surface area contributed by atoms with Crippen LogP contribution < -0.4 is 16.7 Å². The number of aromatic nitrogens is 1. The van der Waals surface area contributed by atoms with Gasteiger partial charge in [0.05, 0.1) is 10.9 Å². The molecule has 7 heteroatoms. The standard InChI is InChI=1S/C16H21N3O4/c1-8-6-10(17)7-11-12(8)14(21)22-15(19-11)18-9(2)13(20)23-16(3,4)5/h6-7,9H,17H2,1-5H3,(H,18,19)/t9-/m0/s1. The molecule has 0 spiro atoms. The van der Waals surface area contributed by atoms with Crippen molar-refractivity contribution in [1.82, 2.24) is 4.98 Å². The number of carbonyl (C=O) groups is 1. The number of hydrogen-bond acceptors (Lipinski definition) is 7. The van der Waals surface area contributed by atoms with E-state index in [9.17, 15) is 9.59 Å². The molecular formula is C16H21N3O4. The fraction of sp³-hybridized carbons (Fsp3) is 0.438. The molecule has 0 saturated heterocycles. The van der Waals surface area contributed by atoms with Gasteiger partial charge in [-0.15, -0.1) is 0 Å². The Labute approximate surface area is 133 Å². The zero-order valence-electron chi connectivity index (χ0n) is 13.9. The van der Waals surface area contributed by atoms with Crippen LogP contribution in [0.1, 0.15) is 33.3 Å². The van der Waals surface area contributed by atoms with Gasteiger partial charge in [-0.3, -0.25) is 0 Å². The van der Waals surface area contributed by atoms with Crippen LogP contribution in [0, 0.1) is 6.92 Å². The molecule has 0 saturated carbocycles. The fourth-order valence-corrected chi connectivity index (χ4v) is 2.12. The topological polar surface area (TPSA) is 107 Å². The molecule has 3 N–H and O–H groups in total. The molecule has 0 aliphatic rings. The number of esters is 1. The van der Waals surface area contributed by atoms with Gasteiger partial charge in [0.15, 0.2) is 0 Å². The van der Waals surface area contributed by atoms with Crippen LogP contribution >= 0.6 is 0 Å². The van der Waals surface area contributed by atoms with Gasteiger partial charge < -0.3 is 20.2 Å². The summed E-state index contributed by atoms with van der Waals surface area (Å²) in [5, 5.41) is 3.11. The number of hydrogen-bond donors (Lipinski definition) is 2.